The summed E-state index contributed by atoms with van der Waals surface area (Å²) in [6.45, 7) is -1.06. The van der Waals surface area contributed by atoms with E-state index in [0.29, 0.717) is 17.7 Å². The number of hydrogen-bond acceptors (Lipinski definition) is 7. The summed E-state index contributed by atoms with van der Waals surface area (Å²) in [5.41, 5.74) is 1.94. The minimum atomic E-state index is -4.49. The van der Waals surface area contributed by atoms with E-state index in [-0.39, 0.29) is 24.6 Å². The van der Waals surface area contributed by atoms with E-state index >= 15 is 0 Å². The van der Waals surface area contributed by atoms with Crippen molar-refractivity contribution >= 4 is 26.5 Å². The maximum atomic E-state index is 14.9. The number of nitrogens with one attached hydrogen (secondary N) is 1. The largest absolute Gasteiger partial charge is 0.487 e. The summed E-state index contributed by atoms with van der Waals surface area (Å²) >= 11 is 0.855. The lowest BCUT2D eigenvalue weighted by Gasteiger charge is -2.39. The van der Waals surface area contributed by atoms with Crippen LogP contribution in [0.4, 0.5) is 27.1 Å². The first-order valence-electron chi connectivity index (χ1n) is 10.3. The van der Waals surface area contributed by atoms with Crippen LogP contribution >= 0.6 is 11.3 Å². The number of benzene rings is 2. The molecule has 2 atom stereocenters. The zero-order valence-electron chi connectivity index (χ0n) is 17.9. The van der Waals surface area contributed by atoms with Crippen molar-refractivity contribution in [2.24, 2.45) is 0 Å². The fraction of sp³-hybridized carbons (Fsp3) is 0.333. The molecule has 0 aliphatic carbocycles. The van der Waals surface area contributed by atoms with Crippen LogP contribution in [-0.2, 0) is 10.0 Å². The Hall–Kier alpha value is -2.84. The van der Waals surface area contributed by atoms with Gasteiger partial charge in [-0.1, -0.05) is 41.7 Å². The van der Waals surface area contributed by atoms with E-state index < -0.39 is 57.0 Å². The summed E-state index contributed by atoms with van der Waals surface area (Å²) in [6, 6.07) is 9.76. The van der Waals surface area contributed by atoms with E-state index in [1.807, 2.05) is 4.72 Å². The molecule has 14 heteroatoms. The van der Waals surface area contributed by atoms with E-state index in [1.54, 1.807) is 30.3 Å². The van der Waals surface area contributed by atoms with Crippen LogP contribution in [0, 0.1) is 11.6 Å². The molecule has 1 aliphatic rings. The quantitative estimate of drug-likeness (QED) is 0.452. The van der Waals surface area contributed by atoms with Gasteiger partial charge in [0.15, 0.2) is 11.6 Å². The molecule has 7 nitrogen and oxygen atoms in total. The number of likely N-dealkylation sites (tertiary alicyclic amines) is 1. The van der Waals surface area contributed by atoms with Crippen molar-refractivity contribution in [3.05, 3.63) is 65.2 Å². The normalized spacial score (nSPS) is 19.5. The van der Waals surface area contributed by atoms with Crippen LogP contribution in [0.15, 0.2) is 52.9 Å². The van der Waals surface area contributed by atoms with Crippen LogP contribution in [-0.4, -0.2) is 55.4 Å². The smallest absolute Gasteiger partial charge is 0.401 e. The third-order valence-electron chi connectivity index (χ3n) is 5.40. The second kappa shape index (κ2) is 10.0. The number of hydrogen-bond donors (Lipinski definition) is 1. The highest BCUT2D eigenvalue weighted by Crippen LogP contribution is 2.34. The van der Waals surface area contributed by atoms with E-state index in [0.717, 1.165) is 11.3 Å². The fourth-order valence-electron chi connectivity index (χ4n) is 3.91. The molecule has 0 saturated carbocycles. The first-order valence-corrected chi connectivity index (χ1v) is 12.7. The molecule has 0 radical (unpaired) electrons. The molecule has 0 amide bonds. The van der Waals surface area contributed by atoms with Crippen LogP contribution in [0.3, 0.4) is 0 Å². The molecule has 1 fully saturated rings. The molecule has 0 spiro atoms. The van der Waals surface area contributed by atoms with Gasteiger partial charge in [0.25, 0.3) is 10.0 Å². The molecule has 2 heterocycles. The van der Waals surface area contributed by atoms with Gasteiger partial charge in [0.2, 0.25) is 5.13 Å². The van der Waals surface area contributed by atoms with Gasteiger partial charge >= 0.3 is 6.18 Å². The fourth-order valence-corrected chi connectivity index (χ4v) is 5.68. The maximum Gasteiger partial charge on any atom is 0.401 e. The van der Waals surface area contributed by atoms with Crippen molar-refractivity contribution in [1.82, 2.24) is 15.1 Å². The van der Waals surface area contributed by atoms with E-state index in [1.165, 1.54) is 10.4 Å². The van der Waals surface area contributed by atoms with Gasteiger partial charge in [-0.3, -0.25) is 9.62 Å². The molecule has 3 aromatic rings. The first-order chi connectivity index (χ1) is 16.5. The van der Waals surface area contributed by atoms with Gasteiger partial charge in [-0.05, 0) is 12.0 Å². The highest BCUT2D eigenvalue weighted by molar-refractivity contribution is 7.93. The summed E-state index contributed by atoms with van der Waals surface area (Å²) in [5.74, 6) is -3.48. The molecule has 1 aliphatic heterocycles. The molecular formula is C21H19F5N4O3S2. The van der Waals surface area contributed by atoms with Crippen LogP contribution in [0.5, 0.6) is 5.75 Å². The SMILES string of the molecule is O=S(=O)(Nc1nncs1)c1cc(F)c(O[C@H]2CCN(CC(F)(F)F)C[C@@H]2c2ccccc2)cc1F. The average Bonchev–Trinajstić information content (AvgIpc) is 3.28. The molecule has 35 heavy (non-hydrogen) atoms. The first kappa shape index (κ1) is 25.3. The summed E-state index contributed by atoms with van der Waals surface area (Å²) in [7, 11) is -4.49. The number of nitrogens with zero attached hydrogens (tertiary/aromatic N) is 3. The van der Waals surface area contributed by atoms with Crippen LogP contribution in [0.2, 0.25) is 0 Å². The van der Waals surface area contributed by atoms with Gasteiger partial charge in [0.05, 0.1) is 6.54 Å². The highest BCUT2D eigenvalue weighted by Gasteiger charge is 2.38. The molecule has 1 aromatic heterocycles. The lowest BCUT2D eigenvalue weighted by atomic mass is 9.87. The number of rotatable bonds is 7. The van der Waals surface area contributed by atoms with Crippen molar-refractivity contribution in [3.8, 4) is 5.75 Å². The minimum absolute atomic E-state index is 0.00345. The van der Waals surface area contributed by atoms with E-state index in [4.69, 9.17) is 4.74 Å². The van der Waals surface area contributed by atoms with Crippen molar-refractivity contribution < 1.29 is 35.1 Å². The Labute approximate surface area is 201 Å². The Bertz CT molecular complexity index is 1260. The second-order valence-corrected chi connectivity index (χ2v) is 10.4. The Balaban J connectivity index is 1.57. The number of alkyl halides is 3. The van der Waals surface area contributed by atoms with Crippen molar-refractivity contribution in [2.75, 3.05) is 24.4 Å². The van der Waals surface area contributed by atoms with Gasteiger partial charge in [-0.15, -0.1) is 10.2 Å². The monoisotopic (exact) mass is 534 g/mol. The maximum absolute atomic E-state index is 14.9. The average molecular weight is 535 g/mol. The molecule has 1 saturated heterocycles. The molecule has 188 valence electrons. The van der Waals surface area contributed by atoms with Crippen LogP contribution < -0.4 is 9.46 Å². The summed E-state index contributed by atoms with van der Waals surface area (Å²) in [5, 5.41) is 6.84. The van der Waals surface area contributed by atoms with Gasteiger partial charge in [0, 0.05) is 31.1 Å². The van der Waals surface area contributed by atoms with Gasteiger partial charge in [-0.2, -0.15) is 13.2 Å². The number of halogens is 5. The van der Waals surface area contributed by atoms with E-state index in [9.17, 15) is 30.4 Å². The van der Waals surface area contributed by atoms with Crippen molar-refractivity contribution in [2.45, 2.75) is 29.5 Å². The molecule has 1 N–H and O–H groups in total. The predicted molar refractivity (Wildman–Crippen MR) is 118 cm³/mol. The third-order valence-corrected chi connectivity index (χ3v) is 7.49. The lowest BCUT2D eigenvalue weighted by Crippen LogP contribution is -2.47. The van der Waals surface area contributed by atoms with Crippen LogP contribution in [0.1, 0.15) is 17.9 Å². The molecular weight excluding hydrogens is 515 g/mol. The van der Waals surface area contributed by atoms with Gasteiger partial charge in [0.1, 0.15) is 22.3 Å². The number of ether oxygens (including phenoxy) is 1. The minimum Gasteiger partial charge on any atom is -0.487 e. The molecule has 0 bridgehead atoms. The number of anilines is 1. The number of aromatic nitrogens is 2. The molecule has 0 unspecified atom stereocenters. The topological polar surface area (TPSA) is 84.4 Å². The van der Waals surface area contributed by atoms with Crippen molar-refractivity contribution in [1.29, 1.82) is 0 Å². The zero-order chi connectivity index (χ0) is 25.2. The Kier molecular flexibility index (Phi) is 7.24. The number of piperidine rings is 1. The second-order valence-electron chi connectivity index (χ2n) is 7.87. The number of sulfonamides is 1. The third kappa shape index (κ3) is 6.24. The summed E-state index contributed by atoms with van der Waals surface area (Å²) in [6.07, 6.45) is -5.03. The Morgan fingerprint density at radius 2 is 1.89 bits per heavy atom. The predicted octanol–water partition coefficient (Wildman–Crippen LogP) is 4.42. The summed E-state index contributed by atoms with van der Waals surface area (Å²) < 4.78 is 101. The van der Waals surface area contributed by atoms with E-state index in [2.05, 4.69) is 10.2 Å². The van der Waals surface area contributed by atoms with Crippen molar-refractivity contribution in [3.63, 3.8) is 0 Å². The Morgan fingerprint density at radius 1 is 1.14 bits per heavy atom. The standard InChI is InChI=1S/C21H19F5N4O3S2/c22-15-9-19(35(31,32)29-20-28-27-12-34-20)16(23)8-18(15)33-17-6-7-30(11-21(24,25)26)10-14(17)13-4-2-1-3-5-13/h1-5,8-9,12,14,17H,6-7,10-11H2,(H,28,29)/t14-,17+/m1/s1. The zero-order valence-corrected chi connectivity index (χ0v) is 19.5. The summed E-state index contributed by atoms with van der Waals surface area (Å²) in [4.78, 5) is 0.292. The molecule has 2 aromatic carbocycles. The van der Waals surface area contributed by atoms with Gasteiger partial charge in [-0.25, -0.2) is 17.2 Å². The molecule has 4 rings (SSSR count). The van der Waals surface area contributed by atoms with Crippen LogP contribution in [0.25, 0.3) is 0 Å². The lowest BCUT2D eigenvalue weighted by molar-refractivity contribution is -0.150. The van der Waals surface area contributed by atoms with Gasteiger partial charge < -0.3 is 4.74 Å². The Morgan fingerprint density at radius 3 is 2.54 bits per heavy atom. The highest BCUT2D eigenvalue weighted by atomic mass is 32.2.